The van der Waals surface area contributed by atoms with Crippen molar-refractivity contribution in [1.29, 1.82) is 0 Å². The van der Waals surface area contributed by atoms with Crippen molar-refractivity contribution < 1.29 is 19.0 Å². The predicted molar refractivity (Wildman–Crippen MR) is 114 cm³/mol. The lowest BCUT2D eigenvalue weighted by molar-refractivity contribution is 0.0423. The van der Waals surface area contributed by atoms with E-state index in [4.69, 9.17) is 14.2 Å². The zero-order chi connectivity index (χ0) is 20.7. The molecule has 6 heteroatoms. The van der Waals surface area contributed by atoms with Crippen LogP contribution < -0.4 is 14.8 Å². The van der Waals surface area contributed by atoms with Crippen LogP contribution >= 0.6 is 0 Å². The van der Waals surface area contributed by atoms with Crippen molar-refractivity contribution in [3.63, 3.8) is 0 Å². The first-order valence-electron chi connectivity index (χ1n) is 10.9. The van der Waals surface area contributed by atoms with E-state index in [1.807, 2.05) is 42.2 Å². The highest BCUT2D eigenvalue weighted by Gasteiger charge is 2.37. The molecule has 0 spiro atoms. The fourth-order valence-electron chi connectivity index (χ4n) is 4.68. The molecule has 3 aliphatic heterocycles. The third-order valence-corrected chi connectivity index (χ3v) is 6.07. The van der Waals surface area contributed by atoms with Crippen LogP contribution in [0, 0.1) is 0 Å². The van der Waals surface area contributed by atoms with E-state index in [1.165, 1.54) is 0 Å². The van der Waals surface area contributed by atoms with Gasteiger partial charge in [-0.3, -0.25) is 4.79 Å². The molecule has 30 heavy (non-hydrogen) atoms. The number of nitrogens with one attached hydrogen (secondary N) is 1. The van der Waals surface area contributed by atoms with Gasteiger partial charge in [0.25, 0.3) is 5.91 Å². The van der Waals surface area contributed by atoms with E-state index in [0.29, 0.717) is 18.7 Å². The molecule has 3 atom stereocenters. The monoisotopic (exact) mass is 408 g/mol. The lowest BCUT2D eigenvalue weighted by Gasteiger charge is -2.39. The van der Waals surface area contributed by atoms with E-state index in [9.17, 15) is 4.79 Å². The van der Waals surface area contributed by atoms with E-state index in [1.54, 1.807) is 0 Å². The highest BCUT2D eigenvalue weighted by molar-refractivity contribution is 6.01. The van der Waals surface area contributed by atoms with Crippen molar-refractivity contribution in [3.8, 4) is 11.5 Å². The number of hydrogen-bond donors (Lipinski definition) is 1. The molecule has 2 aromatic carbocycles. The summed E-state index contributed by atoms with van der Waals surface area (Å²) in [6.45, 7) is 5.92. The van der Waals surface area contributed by atoms with Gasteiger partial charge in [0, 0.05) is 36.4 Å². The molecule has 3 heterocycles. The number of ether oxygens (including phenoxy) is 3. The average Bonchev–Trinajstić information content (AvgIpc) is 3.38. The van der Waals surface area contributed by atoms with Crippen molar-refractivity contribution in [2.24, 2.45) is 0 Å². The minimum Gasteiger partial charge on any atom is -0.493 e. The van der Waals surface area contributed by atoms with Gasteiger partial charge < -0.3 is 24.4 Å². The van der Waals surface area contributed by atoms with Crippen LogP contribution in [-0.4, -0.2) is 42.8 Å². The van der Waals surface area contributed by atoms with Gasteiger partial charge in [0.2, 0.25) is 0 Å². The first-order valence-corrected chi connectivity index (χ1v) is 10.9. The molecule has 3 unspecified atom stereocenters. The van der Waals surface area contributed by atoms with Gasteiger partial charge in [-0.1, -0.05) is 12.1 Å². The summed E-state index contributed by atoms with van der Waals surface area (Å²) in [5, 5.41) is 3.58. The molecule has 5 rings (SSSR count). The molecule has 158 valence electrons. The summed E-state index contributed by atoms with van der Waals surface area (Å²) in [4.78, 5) is 15.4. The number of amides is 1. The summed E-state index contributed by atoms with van der Waals surface area (Å²) in [6.07, 6.45) is 2.74. The van der Waals surface area contributed by atoms with Gasteiger partial charge in [0.1, 0.15) is 23.8 Å². The maximum atomic E-state index is 13.5. The Bertz CT molecular complexity index is 954. The third kappa shape index (κ3) is 3.39. The van der Waals surface area contributed by atoms with Gasteiger partial charge in [0.15, 0.2) is 0 Å². The first-order chi connectivity index (χ1) is 14.6. The summed E-state index contributed by atoms with van der Waals surface area (Å²) >= 11 is 0. The van der Waals surface area contributed by atoms with Crippen molar-refractivity contribution in [1.82, 2.24) is 4.90 Å². The molecule has 2 aromatic rings. The number of nitrogens with zero attached hydrogens (tertiary/aromatic N) is 1. The van der Waals surface area contributed by atoms with Gasteiger partial charge in [-0.15, -0.1) is 0 Å². The van der Waals surface area contributed by atoms with Crippen LogP contribution in [0.15, 0.2) is 36.4 Å². The number of para-hydroxylation sites is 1. The second kappa shape index (κ2) is 7.84. The van der Waals surface area contributed by atoms with Crippen LogP contribution in [0.3, 0.4) is 0 Å². The molecule has 1 N–H and O–H groups in total. The van der Waals surface area contributed by atoms with Crippen LogP contribution in [0.2, 0.25) is 0 Å². The van der Waals surface area contributed by atoms with Crippen LogP contribution in [0.25, 0.3) is 0 Å². The summed E-state index contributed by atoms with van der Waals surface area (Å²) in [7, 11) is 0. The summed E-state index contributed by atoms with van der Waals surface area (Å²) < 4.78 is 17.9. The Hall–Kier alpha value is -2.73. The number of carbonyl (C=O) groups is 1. The molecule has 6 nitrogen and oxygen atoms in total. The topological polar surface area (TPSA) is 60.0 Å². The summed E-state index contributed by atoms with van der Waals surface area (Å²) in [5.74, 6) is 1.70. The predicted octanol–water partition coefficient (Wildman–Crippen LogP) is 4.15. The first kappa shape index (κ1) is 19.2. The van der Waals surface area contributed by atoms with E-state index >= 15 is 0 Å². The molecular weight excluding hydrogens is 380 g/mol. The number of rotatable bonds is 5. The Labute approximate surface area is 177 Å². The van der Waals surface area contributed by atoms with Gasteiger partial charge in [-0.05, 0) is 51.0 Å². The molecule has 0 saturated carbocycles. The van der Waals surface area contributed by atoms with Crippen LogP contribution in [0.4, 0.5) is 5.69 Å². The number of anilines is 1. The zero-order valence-corrected chi connectivity index (χ0v) is 17.5. The number of benzene rings is 2. The largest absolute Gasteiger partial charge is 0.493 e. The molecule has 1 amide bonds. The lowest BCUT2D eigenvalue weighted by Crippen LogP contribution is -2.46. The summed E-state index contributed by atoms with van der Waals surface area (Å²) in [5.41, 5.74) is 3.61. The molecule has 3 aliphatic rings. The fourth-order valence-corrected chi connectivity index (χ4v) is 4.68. The molecule has 0 bridgehead atoms. The van der Waals surface area contributed by atoms with E-state index in [-0.39, 0.29) is 24.3 Å². The van der Waals surface area contributed by atoms with E-state index in [2.05, 4.69) is 18.3 Å². The number of carbonyl (C=O) groups excluding carboxylic acids is 1. The van der Waals surface area contributed by atoms with Crippen molar-refractivity contribution in [3.05, 3.63) is 53.1 Å². The minimum atomic E-state index is -0.344. The van der Waals surface area contributed by atoms with Crippen LogP contribution in [0.5, 0.6) is 11.5 Å². The molecule has 1 saturated heterocycles. The number of hydrogen-bond acceptors (Lipinski definition) is 5. The Kier molecular flexibility index (Phi) is 5.03. The smallest absolute Gasteiger partial charge is 0.257 e. The standard InChI is InChI=1S/C24H28N2O4/c1-3-28-22-12-16-11-15(2)30-21(16)13-19(22)23-25-20-9-5-4-8-18(20)24(27)26(23)14-17-7-6-10-29-17/h4-5,8-9,12-13,15,17,23,25H,3,6-7,10-11,14H2,1-2H3. The second-order valence-electron chi connectivity index (χ2n) is 8.25. The van der Waals surface area contributed by atoms with E-state index in [0.717, 1.165) is 54.2 Å². The number of fused-ring (bicyclic) bond motifs is 2. The Morgan fingerprint density at radius 3 is 2.93 bits per heavy atom. The van der Waals surface area contributed by atoms with Crippen LogP contribution in [0.1, 0.15) is 54.3 Å². The van der Waals surface area contributed by atoms with Gasteiger partial charge in [-0.25, -0.2) is 0 Å². The molecule has 1 fully saturated rings. The molecular formula is C24H28N2O4. The SMILES string of the molecule is CCOc1cc2c(cc1C1Nc3ccccc3C(=O)N1CC1CCCO1)OC(C)C2. The van der Waals surface area contributed by atoms with Gasteiger partial charge in [-0.2, -0.15) is 0 Å². The maximum absolute atomic E-state index is 13.5. The van der Waals surface area contributed by atoms with Crippen molar-refractivity contribution in [2.45, 2.75) is 51.5 Å². The Morgan fingerprint density at radius 2 is 2.13 bits per heavy atom. The second-order valence-corrected chi connectivity index (χ2v) is 8.25. The Morgan fingerprint density at radius 1 is 1.27 bits per heavy atom. The molecule has 0 radical (unpaired) electrons. The summed E-state index contributed by atoms with van der Waals surface area (Å²) in [6, 6.07) is 11.8. The van der Waals surface area contributed by atoms with E-state index < -0.39 is 0 Å². The van der Waals surface area contributed by atoms with Gasteiger partial charge >= 0.3 is 0 Å². The van der Waals surface area contributed by atoms with Crippen LogP contribution in [-0.2, 0) is 11.2 Å². The molecule has 0 aliphatic carbocycles. The highest BCUT2D eigenvalue weighted by Crippen LogP contribution is 2.42. The normalized spacial score (nSPS) is 24.8. The van der Waals surface area contributed by atoms with Crippen molar-refractivity contribution in [2.75, 3.05) is 25.1 Å². The lowest BCUT2D eigenvalue weighted by atomic mass is 9.99. The third-order valence-electron chi connectivity index (χ3n) is 6.07. The highest BCUT2D eigenvalue weighted by atomic mass is 16.5. The fraction of sp³-hybridized carbons (Fsp3) is 0.458. The Balaban J connectivity index is 1.58. The average molecular weight is 408 g/mol. The quantitative estimate of drug-likeness (QED) is 0.805. The minimum absolute atomic E-state index is 0.0158. The maximum Gasteiger partial charge on any atom is 0.257 e. The molecule has 0 aromatic heterocycles. The zero-order valence-electron chi connectivity index (χ0n) is 17.5. The van der Waals surface area contributed by atoms with Crippen molar-refractivity contribution >= 4 is 11.6 Å². The van der Waals surface area contributed by atoms with Gasteiger partial charge in [0.05, 0.1) is 18.3 Å².